The summed E-state index contributed by atoms with van der Waals surface area (Å²) < 4.78 is 0. The Labute approximate surface area is 130 Å². The molecule has 0 amide bonds. The van der Waals surface area contributed by atoms with Gasteiger partial charge in [0.25, 0.3) is 0 Å². The Balaban J connectivity index is 1.83. The first-order valence-electron chi connectivity index (χ1n) is 6.94. The quantitative estimate of drug-likeness (QED) is 0.854. The SMILES string of the molecule is CN(Cc1ccsc1)Cc1ccc(CNC(C)(C)C)s1. The van der Waals surface area contributed by atoms with Gasteiger partial charge in [0.15, 0.2) is 0 Å². The molecule has 0 unspecified atom stereocenters. The second-order valence-electron chi connectivity index (χ2n) is 6.28. The third-order valence-electron chi connectivity index (χ3n) is 2.97. The third kappa shape index (κ3) is 5.37. The second kappa shape index (κ2) is 6.85. The molecular weight excluding hydrogens is 284 g/mol. The summed E-state index contributed by atoms with van der Waals surface area (Å²) in [5, 5.41) is 7.91. The van der Waals surface area contributed by atoms with E-state index in [9.17, 15) is 0 Å². The van der Waals surface area contributed by atoms with Crippen molar-refractivity contribution in [3.8, 4) is 0 Å². The summed E-state index contributed by atoms with van der Waals surface area (Å²) in [6.07, 6.45) is 0. The van der Waals surface area contributed by atoms with Crippen molar-refractivity contribution < 1.29 is 0 Å². The monoisotopic (exact) mass is 308 g/mol. The Hall–Kier alpha value is -0.680. The first-order chi connectivity index (χ1) is 9.42. The molecule has 0 spiro atoms. The summed E-state index contributed by atoms with van der Waals surface area (Å²) in [6, 6.07) is 6.71. The van der Waals surface area contributed by atoms with E-state index in [0.29, 0.717) is 0 Å². The number of nitrogens with one attached hydrogen (secondary N) is 1. The van der Waals surface area contributed by atoms with Crippen molar-refractivity contribution in [1.82, 2.24) is 10.2 Å². The zero-order chi connectivity index (χ0) is 14.6. The van der Waals surface area contributed by atoms with Crippen LogP contribution in [-0.4, -0.2) is 17.5 Å². The van der Waals surface area contributed by atoms with Crippen LogP contribution in [0.1, 0.15) is 36.1 Å². The summed E-state index contributed by atoms with van der Waals surface area (Å²) >= 11 is 3.68. The van der Waals surface area contributed by atoms with E-state index in [1.807, 2.05) is 11.3 Å². The third-order valence-corrected chi connectivity index (χ3v) is 4.77. The second-order valence-corrected chi connectivity index (χ2v) is 8.31. The first-order valence-corrected chi connectivity index (χ1v) is 8.70. The minimum atomic E-state index is 0.180. The van der Waals surface area contributed by atoms with Gasteiger partial charge in [0.1, 0.15) is 0 Å². The molecule has 110 valence electrons. The average molecular weight is 309 g/mol. The van der Waals surface area contributed by atoms with Crippen molar-refractivity contribution >= 4 is 22.7 Å². The predicted molar refractivity (Wildman–Crippen MR) is 90.4 cm³/mol. The molecule has 0 radical (unpaired) electrons. The van der Waals surface area contributed by atoms with Crippen LogP contribution in [0.4, 0.5) is 0 Å². The van der Waals surface area contributed by atoms with Crippen molar-refractivity contribution in [1.29, 1.82) is 0 Å². The van der Waals surface area contributed by atoms with Gasteiger partial charge in [0.2, 0.25) is 0 Å². The molecule has 2 rings (SSSR count). The van der Waals surface area contributed by atoms with E-state index in [4.69, 9.17) is 0 Å². The fraction of sp³-hybridized carbons (Fsp3) is 0.500. The van der Waals surface area contributed by atoms with Gasteiger partial charge in [-0.15, -0.1) is 11.3 Å². The Morgan fingerprint density at radius 1 is 1.10 bits per heavy atom. The van der Waals surface area contributed by atoms with Gasteiger partial charge in [0, 0.05) is 34.9 Å². The molecule has 0 aromatic carbocycles. The molecule has 0 aliphatic heterocycles. The highest BCUT2D eigenvalue weighted by atomic mass is 32.1. The normalized spacial score (nSPS) is 12.2. The standard InChI is InChI=1S/C16H24N2S2/c1-16(2,3)17-9-14-5-6-15(20-14)11-18(4)10-13-7-8-19-12-13/h5-8,12,17H,9-11H2,1-4H3. The minimum absolute atomic E-state index is 0.180. The number of nitrogens with zero attached hydrogens (tertiary/aromatic N) is 1. The number of hydrogen-bond donors (Lipinski definition) is 1. The Bertz CT molecular complexity index is 509. The van der Waals surface area contributed by atoms with E-state index >= 15 is 0 Å². The zero-order valence-corrected chi connectivity index (χ0v) is 14.4. The molecule has 2 nitrogen and oxygen atoms in total. The van der Waals surface area contributed by atoms with Crippen LogP contribution in [0.15, 0.2) is 29.0 Å². The van der Waals surface area contributed by atoms with E-state index in [2.05, 4.69) is 67.0 Å². The highest BCUT2D eigenvalue weighted by Crippen LogP contribution is 2.19. The molecular formula is C16H24N2S2. The molecule has 0 saturated carbocycles. The highest BCUT2D eigenvalue weighted by molar-refractivity contribution is 7.12. The van der Waals surface area contributed by atoms with E-state index < -0.39 is 0 Å². The van der Waals surface area contributed by atoms with Gasteiger partial charge >= 0.3 is 0 Å². The molecule has 0 aliphatic carbocycles. The van der Waals surface area contributed by atoms with Gasteiger partial charge in [-0.25, -0.2) is 0 Å². The lowest BCUT2D eigenvalue weighted by Crippen LogP contribution is -2.34. The van der Waals surface area contributed by atoms with E-state index in [0.717, 1.165) is 19.6 Å². The van der Waals surface area contributed by atoms with Crippen LogP contribution in [-0.2, 0) is 19.6 Å². The predicted octanol–water partition coefficient (Wildman–Crippen LogP) is 4.33. The van der Waals surface area contributed by atoms with Gasteiger partial charge in [-0.2, -0.15) is 11.3 Å². The van der Waals surface area contributed by atoms with Crippen molar-refractivity contribution in [2.75, 3.05) is 7.05 Å². The van der Waals surface area contributed by atoms with Crippen LogP contribution >= 0.6 is 22.7 Å². The van der Waals surface area contributed by atoms with E-state index in [1.54, 1.807) is 11.3 Å². The molecule has 2 heterocycles. The maximum absolute atomic E-state index is 3.54. The van der Waals surface area contributed by atoms with Crippen LogP contribution in [0.3, 0.4) is 0 Å². The molecule has 2 aromatic heterocycles. The maximum atomic E-state index is 3.54. The van der Waals surface area contributed by atoms with Crippen LogP contribution < -0.4 is 5.32 Å². The molecule has 0 bridgehead atoms. The Morgan fingerprint density at radius 2 is 1.85 bits per heavy atom. The van der Waals surface area contributed by atoms with Gasteiger partial charge in [-0.05, 0) is 62.3 Å². The Kier molecular flexibility index (Phi) is 5.38. The zero-order valence-electron chi connectivity index (χ0n) is 12.8. The van der Waals surface area contributed by atoms with Crippen LogP contribution in [0.2, 0.25) is 0 Å². The van der Waals surface area contributed by atoms with E-state index in [-0.39, 0.29) is 5.54 Å². The smallest absolute Gasteiger partial charge is 0.0328 e. The number of hydrogen-bond acceptors (Lipinski definition) is 4. The van der Waals surface area contributed by atoms with Crippen molar-refractivity contribution in [2.45, 2.75) is 45.9 Å². The largest absolute Gasteiger partial charge is 0.307 e. The van der Waals surface area contributed by atoms with E-state index in [1.165, 1.54) is 15.3 Å². The molecule has 4 heteroatoms. The van der Waals surface area contributed by atoms with Gasteiger partial charge in [-0.3, -0.25) is 4.90 Å². The molecule has 0 saturated heterocycles. The summed E-state index contributed by atoms with van der Waals surface area (Å²) in [5.41, 5.74) is 1.59. The molecule has 20 heavy (non-hydrogen) atoms. The fourth-order valence-electron chi connectivity index (χ4n) is 1.97. The molecule has 0 atom stereocenters. The van der Waals surface area contributed by atoms with Crippen molar-refractivity contribution in [3.63, 3.8) is 0 Å². The number of rotatable bonds is 6. The highest BCUT2D eigenvalue weighted by Gasteiger charge is 2.10. The topological polar surface area (TPSA) is 15.3 Å². The lowest BCUT2D eigenvalue weighted by Gasteiger charge is -2.19. The minimum Gasteiger partial charge on any atom is -0.307 e. The van der Waals surface area contributed by atoms with Crippen LogP contribution in [0.5, 0.6) is 0 Å². The average Bonchev–Trinajstić information content (AvgIpc) is 2.97. The summed E-state index contributed by atoms with van der Waals surface area (Å²) in [6.45, 7) is 9.62. The maximum Gasteiger partial charge on any atom is 0.0328 e. The van der Waals surface area contributed by atoms with Crippen LogP contribution in [0, 0.1) is 0 Å². The number of thiophene rings is 2. The summed E-state index contributed by atoms with van der Waals surface area (Å²) in [5.74, 6) is 0. The lowest BCUT2D eigenvalue weighted by molar-refractivity contribution is 0.322. The molecule has 0 aliphatic rings. The summed E-state index contributed by atoms with van der Waals surface area (Å²) in [4.78, 5) is 5.22. The van der Waals surface area contributed by atoms with Gasteiger partial charge in [-0.1, -0.05) is 0 Å². The molecule has 1 N–H and O–H groups in total. The van der Waals surface area contributed by atoms with Crippen molar-refractivity contribution in [3.05, 3.63) is 44.3 Å². The first kappa shape index (κ1) is 15.7. The molecule has 2 aromatic rings. The lowest BCUT2D eigenvalue weighted by atomic mass is 10.1. The van der Waals surface area contributed by atoms with Gasteiger partial charge < -0.3 is 5.32 Å². The van der Waals surface area contributed by atoms with Gasteiger partial charge in [0.05, 0.1) is 0 Å². The molecule has 0 fully saturated rings. The fourth-order valence-corrected chi connectivity index (χ4v) is 3.67. The summed E-state index contributed by atoms with van der Waals surface area (Å²) in [7, 11) is 2.18. The van der Waals surface area contributed by atoms with Crippen LogP contribution in [0.25, 0.3) is 0 Å². The Morgan fingerprint density at radius 3 is 2.50 bits per heavy atom. The van der Waals surface area contributed by atoms with Crippen molar-refractivity contribution in [2.24, 2.45) is 0 Å².